The first-order valence-electron chi connectivity index (χ1n) is 8.13. The zero-order valence-corrected chi connectivity index (χ0v) is 14.0. The minimum absolute atomic E-state index is 0.163. The number of nitrogens with zero attached hydrogens (tertiary/aromatic N) is 2. The van der Waals surface area contributed by atoms with E-state index in [2.05, 4.69) is 11.1 Å². The second-order valence-corrected chi connectivity index (χ2v) is 6.35. The maximum absolute atomic E-state index is 13.9. The molecule has 4 nitrogen and oxygen atoms in total. The first-order chi connectivity index (χ1) is 12.0. The highest BCUT2D eigenvalue weighted by Gasteiger charge is 2.27. The molecule has 0 fully saturated rings. The van der Waals surface area contributed by atoms with Crippen molar-refractivity contribution in [2.75, 3.05) is 0 Å². The number of amides is 1. The Morgan fingerprint density at radius 3 is 2.80 bits per heavy atom. The summed E-state index contributed by atoms with van der Waals surface area (Å²) < 4.78 is 19.3. The predicted octanol–water partition coefficient (Wildman–Crippen LogP) is 4.51. The van der Waals surface area contributed by atoms with Gasteiger partial charge in [0.25, 0.3) is 0 Å². The van der Waals surface area contributed by atoms with Crippen molar-refractivity contribution in [3.8, 4) is 5.88 Å². The van der Waals surface area contributed by atoms with Gasteiger partial charge in [0.05, 0.1) is 18.6 Å². The molecule has 2 aromatic carbocycles. The van der Waals surface area contributed by atoms with Crippen molar-refractivity contribution >= 4 is 17.0 Å². The van der Waals surface area contributed by atoms with Gasteiger partial charge in [0, 0.05) is 16.5 Å². The van der Waals surface area contributed by atoms with Crippen molar-refractivity contribution in [1.29, 1.82) is 0 Å². The molecule has 2 heterocycles. The van der Waals surface area contributed by atoms with Crippen LogP contribution in [0, 0.1) is 19.7 Å². The molecule has 25 heavy (non-hydrogen) atoms. The van der Waals surface area contributed by atoms with Crippen LogP contribution < -0.4 is 4.74 Å². The van der Waals surface area contributed by atoms with E-state index < -0.39 is 6.09 Å². The van der Waals surface area contributed by atoms with Crippen LogP contribution in [0.2, 0.25) is 0 Å². The van der Waals surface area contributed by atoms with Crippen molar-refractivity contribution < 1.29 is 13.9 Å². The lowest BCUT2D eigenvalue weighted by Crippen LogP contribution is -2.37. The topological polar surface area (TPSA) is 42.4 Å². The summed E-state index contributed by atoms with van der Waals surface area (Å²) in [7, 11) is 0. The smallest absolute Gasteiger partial charge is 0.391 e. The molecular weight excluding hydrogens is 319 g/mol. The molecule has 0 spiro atoms. The lowest BCUT2D eigenvalue weighted by Gasteiger charge is -2.27. The number of rotatable bonds is 2. The van der Waals surface area contributed by atoms with Crippen LogP contribution in [0.25, 0.3) is 10.9 Å². The van der Waals surface area contributed by atoms with Gasteiger partial charge in [0.15, 0.2) is 0 Å². The zero-order chi connectivity index (χ0) is 17.6. The van der Waals surface area contributed by atoms with Crippen LogP contribution in [0.4, 0.5) is 9.18 Å². The maximum atomic E-state index is 13.9. The van der Waals surface area contributed by atoms with Gasteiger partial charge in [-0.1, -0.05) is 30.3 Å². The third kappa shape index (κ3) is 2.71. The van der Waals surface area contributed by atoms with E-state index in [0.29, 0.717) is 18.0 Å². The lowest BCUT2D eigenvalue weighted by atomic mass is 10.0. The van der Waals surface area contributed by atoms with Crippen molar-refractivity contribution in [3.05, 3.63) is 70.5 Å². The Hall–Kier alpha value is -2.95. The van der Waals surface area contributed by atoms with Crippen LogP contribution in [0.1, 0.15) is 22.3 Å². The Bertz CT molecular complexity index is 1000. The van der Waals surface area contributed by atoms with Crippen molar-refractivity contribution in [3.63, 3.8) is 0 Å². The number of ether oxygens (including phenoxy) is 1. The van der Waals surface area contributed by atoms with Crippen molar-refractivity contribution in [2.45, 2.75) is 26.9 Å². The summed E-state index contributed by atoms with van der Waals surface area (Å²) in [6.45, 7) is 4.54. The van der Waals surface area contributed by atoms with Crippen LogP contribution >= 0.6 is 0 Å². The first-order valence-corrected chi connectivity index (χ1v) is 8.13. The van der Waals surface area contributed by atoms with E-state index in [4.69, 9.17) is 4.74 Å². The van der Waals surface area contributed by atoms with Crippen LogP contribution in [0.15, 0.2) is 42.5 Å². The largest absolute Gasteiger partial charge is 0.417 e. The molecule has 4 rings (SSSR count). The number of carbonyl (C=O) groups is 1. The molecule has 126 valence electrons. The Morgan fingerprint density at radius 2 is 2.00 bits per heavy atom. The minimum atomic E-state index is -0.507. The summed E-state index contributed by atoms with van der Waals surface area (Å²) in [5, 5.41) is 1.01. The Kier molecular flexibility index (Phi) is 3.64. The molecule has 0 bridgehead atoms. The van der Waals surface area contributed by atoms with E-state index in [-0.39, 0.29) is 12.4 Å². The van der Waals surface area contributed by atoms with Gasteiger partial charge in [-0.05, 0) is 37.1 Å². The number of hydrogen-bond acceptors (Lipinski definition) is 3. The van der Waals surface area contributed by atoms with Crippen molar-refractivity contribution in [1.82, 2.24) is 9.88 Å². The van der Waals surface area contributed by atoms with Crippen LogP contribution in [-0.4, -0.2) is 16.0 Å². The van der Waals surface area contributed by atoms with Gasteiger partial charge in [-0.2, -0.15) is 0 Å². The van der Waals surface area contributed by atoms with Gasteiger partial charge >= 0.3 is 6.09 Å². The first kappa shape index (κ1) is 15.6. The number of halogens is 1. The fourth-order valence-corrected chi connectivity index (χ4v) is 3.08. The molecule has 0 atom stereocenters. The number of aromatic nitrogens is 1. The lowest BCUT2D eigenvalue weighted by molar-refractivity contribution is 0.132. The maximum Gasteiger partial charge on any atom is 0.417 e. The molecule has 0 radical (unpaired) electrons. The van der Waals surface area contributed by atoms with Gasteiger partial charge in [-0.15, -0.1) is 0 Å². The van der Waals surface area contributed by atoms with Gasteiger partial charge < -0.3 is 4.74 Å². The number of fused-ring (bicyclic) bond motifs is 2. The summed E-state index contributed by atoms with van der Waals surface area (Å²) in [5.74, 6) is 0.0137. The zero-order valence-electron chi connectivity index (χ0n) is 14.0. The van der Waals surface area contributed by atoms with E-state index in [1.165, 1.54) is 11.0 Å². The molecule has 1 aliphatic heterocycles. The normalized spacial score (nSPS) is 13.7. The summed E-state index contributed by atoms with van der Waals surface area (Å²) in [4.78, 5) is 18.3. The molecule has 0 aliphatic carbocycles. The van der Waals surface area contributed by atoms with Gasteiger partial charge in [0.1, 0.15) is 5.82 Å². The molecular formula is C20H17FN2O2. The summed E-state index contributed by atoms with van der Waals surface area (Å²) in [6, 6.07) is 12.5. The SMILES string of the molecule is Cc1ccc2cc3c(nc2c1C)OC(=O)N(Cc1ccccc1F)C3. The predicted molar refractivity (Wildman–Crippen MR) is 92.9 cm³/mol. The van der Waals surface area contributed by atoms with E-state index in [0.717, 1.165) is 27.6 Å². The van der Waals surface area contributed by atoms with Crippen LogP contribution in [0.3, 0.4) is 0 Å². The third-order valence-electron chi connectivity index (χ3n) is 4.67. The number of carbonyl (C=O) groups excluding carboxylic acids is 1. The Morgan fingerprint density at radius 1 is 1.20 bits per heavy atom. The number of benzene rings is 2. The monoisotopic (exact) mass is 336 g/mol. The number of hydrogen-bond donors (Lipinski definition) is 0. The third-order valence-corrected chi connectivity index (χ3v) is 4.67. The summed E-state index contributed by atoms with van der Waals surface area (Å²) >= 11 is 0. The van der Waals surface area contributed by atoms with Gasteiger partial charge in [-0.25, -0.2) is 14.2 Å². The number of aryl methyl sites for hydroxylation is 2. The van der Waals surface area contributed by atoms with E-state index in [1.54, 1.807) is 18.2 Å². The molecule has 3 aromatic rings. The molecule has 0 saturated carbocycles. The average molecular weight is 336 g/mol. The highest BCUT2D eigenvalue weighted by Crippen LogP contribution is 2.30. The molecule has 1 amide bonds. The Labute approximate surface area is 144 Å². The van der Waals surface area contributed by atoms with Gasteiger partial charge in [0.2, 0.25) is 5.88 Å². The summed E-state index contributed by atoms with van der Waals surface area (Å²) in [6.07, 6.45) is -0.507. The Balaban J connectivity index is 1.70. The van der Waals surface area contributed by atoms with Crippen LogP contribution in [-0.2, 0) is 13.1 Å². The highest BCUT2D eigenvalue weighted by molar-refractivity contribution is 5.85. The molecule has 5 heteroatoms. The number of pyridine rings is 1. The average Bonchev–Trinajstić information content (AvgIpc) is 2.60. The fraction of sp³-hybridized carbons (Fsp3) is 0.200. The molecule has 1 aromatic heterocycles. The minimum Gasteiger partial charge on any atom is -0.391 e. The van der Waals surface area contributed by atoms with E-state index in [1.807, 2.05) is 26.0 Å². The molecule has 1 aliphatic rings. The molecule has 0 N–H and O–H groups in total. The standard InChI is InChI=1S/C20H17FN2O2/c1-12-7-8-14-9-16-11-23(10-15-5-3-4-6-17(15)21)20(24)25-19(16)22-18(14)13(12)2/h3-9H,10-11H2,1-2H3. The molecule has 0 unspecified atom stereocenters. The highest BCUT2D eigenvalue weighted by atomic mass is 19.1. The quantitative estimate of drug-likeness (QED) is 0.692. The van der Waals surface area contributed by atoms with E-state index in [9.17, 15) is 9.18 Å². The van der Waals surface area contributed by atoms with Gasteiger partial charge in [-0.3, -0.25) is 4.90 Å². The summed E-state index contributed by atoms with van der Waals surface area (Å²) in [5.41, 5.74) is 4.34. The van der Waals surface area contributed by atoms with Crippen LogP contribution in [0.5, 0.6) is 5.88 Å². The second-order valence-electron chi connectivity index (χ2n) is 6.35. The fourth-order valence-electron chi connectivity index (χ4n) is 3.08. The van der Waals surface area contributed by atoms with E-state index >= 15 is 0 Å². The second kappa shape index (κ2) is 5.84. The van der Waals surface area contributed by atoms with Crippen molar-refractivity contribution in [2.24, 2.45) is 0 Å². The molecule has 0 saturated heterocycles.